The Bertz CT molecular complexity index is 3860. The highest BCUT2D eigenvalue weighted by Crippen LogP contribution is 2.39. The van der Waals surface area contributed by atoms with Gasteiger partial charge in [-0.15, -0.1) is 0 Å². The van der Waals surface area contributed by atoms with E-state index in [0.717, 1.165) is 95.0 Å². The molecule has 6 aromatic carbocycles. The summed E-state index contributed by atoms with van der Waals surface area (Å²) in [6.45, 7) is 0. The first-order valence-corrected chi connectivity index (χ1v) is 21.0. The third kappa shape index (κ3) is 5.67. The average molecular weight is 807 g/mol. The summed E-state index contributed by atoms with van der Waals surface area (Å²) < 4.78 is 10.7. The molecule has 0 aliphatic heterocycles. The van der Waals surface area contributed by atoms with Gasteiger partial charge < -0.3 is 8.98 Å². The van der Waals surface area contributed by atoms with E-state index in [1.54, 1.807) is 6.20 Å². The van der Waals surface area contributed by atoms with Gasteiger partial charge in [0, 0.05) is 45.1 Å². The summed E-state index contributed by atoms with van der Waals surface area (Å²) in [5.74, 6) is 0.876. The van der Waals surface area contributed by atoms with Crippen molar-refractivity contribution < 1.29 is 4.42 Å². The molecule has 0 bridgehead atoms. The normalized spacial score (nSPS) is 11.8. The van der Waals surface area contributed by atoms with E-state index < -0.39 is 0 Å². The van der Waals surface area contributed by atoms with Crippen LogP contribution in [0.2, 0.25) is 0 Å². The average Bonchev–Trinajstić information content (AvgIpc) is 4.01. The monoisotopic (exact) mass is 806 g/mol. The zero-order chi connectivity index (χ0) is 41.4. The molecule has 294 valence electrons. The molecule has 13 aromatic rings. The number of aromatic nitrogens is 6. The molecular weight excluding hydrogens is 773 g/mol. The van der Waals surface area contributed by atoms with Crippen LogP contribution in [0.25, 0.3) is 122 Å². The van der Waals surface area contributed by atoms with Crippen LogP contribution >= 0.6 is 0 Å². The highest BCUT2D eigenvalue weighted by atomic mass is 16.3. The SMILES string of the molecule is c1ccc(-c2cc(-c3ccccc3)nc(-n3c4ccccc4c4cc(-c5ccc6c7ccccc7n(-c7cncc(-c8ccc9oc%10cccnc%10c9n8)c7)c6c5)ccc43)c2)cc1. The van der Waals surface area contributed by atoms with E-state index in [-0.39, 0.29) is 0 Å². The predicted octanol–water partition coefficient (Wildman–Crippen LogP) is 14.0. The minimum absolute atomic E-state index is 0.709. The van der Waals surface area contributed by atoms with Crippen molar-refractivity contribution in [2.24, 2.45) is 0 Å². The molecule has 7 aromatic heterocycles. The van der Waals surface area contributed by atoms with Crippen LogP contribution in [-0.2, 0) is 0 Å². The number of hydrogen-bond donors (Lipinski definition) is 0. The number of benzene rings is 6. The Morgan fingerprint density at radius 1 is 0.365 bits per heavy atom. The summed E-state index contributed by atoms with van der Waals surface area (Å²) in [5, 5.41) is 4.69. The van der Waals surface area contributed by atoms with Gasteiger partial charge in [-0.25, -0.2) is 9.97 Å². The van der Waals surface area contributed by atoms with E-state index in [1.165, 1.54) is 21.5 Å². The van der Waals surface area contributed by atoms with Crippen molar-refractivity contribution >= 4 is 65.8 Å². The second-order valence-corrected chi connectivity index (χ2v) is 15.9. The first kappa shape index (κ1) is 35.1. The smallest absolute Gasteiger partial charge is 0.155 e. The third-order valence-corrected chi connectivity index (χ3v) is 12.2. The van der Waals surface area contributed by atoms with Gasteiger partial charge in [-0.05, 0) is 95.1 Å². The lowest BCUT2D eigenvalue weighted by molar-refractivity contribution is 0.667. The molecule has 0 radical (unpaired) electrons. The summed E-state index contributed by atoms with van der Waals surface area (Å²) in [4.78, 5) is 19.7. The Morgan fingerprint density at radius 3 is 1.89 bits per heavy atom. The van der Waals surface area contributed by atoms with Crippen LogP contribution in [0, 0.1) is 0 Å². The van der Waals surface area contributed by atoms with Gasteiger partial charge in [-0.2, -0.15) is 0 Å². The maximum absolute atomic E-state index is 6.03. The molecule has 7 heterocycles. The summed E-state index contributed by atoms with van der Waals surface area (Å²) in [6, 6.07) is 66.2. The Kier molecular flexibility index (Phi) is 7.77. The van der Waals surface area contributed by atoms with E-state index in [1.807, 2.05) is 42.7 Å². The highest BCUT2D eigenvalue weighted by molar-refractivity contribution is 6.12. The number of furan rings is 1. The first-order chi connectivity index (χ1) is 31.2. The Morgan fingerprint density at radius 2 is 1.05 bits per heavy atom. The van der Waals surface area contributed by atoms with Gasteiger partial charge in [-0.1, -0.05) is 115 Å². The fourth-order valence-corrected chi connectivity index (χ4v) is 9.33. The maximum Gasteiger partial charge on any atom is 0.155 e. The molecule has 0 saturated heterocycles. The lowest BCUT2D eigenvalue weighted by Crippen LogP contribution is -2.00. The predicted molar refractivity (Wildman–Crippen MR) is 255 cm³/mol. The van der Waals surface area contributed by atoms with Crippen LogP contribution in [0.4, 0.5) is 0 Å². The number of para-hydroxylation sites is 2. The molecule has 7 heteroatoms. The summed E-state index contributed by atoms with van der Waals surface area (Å²) in [7, 11) is 0. The van der Waals surface area contributed by atoms with Crippen molar-refractivity contribution in [2.75, 3.05) is 0 Å². The summed E-state index contributed by atoms with van der Waals surface area (Å²) >= 11 is 0. The van der Waals surface area contributed by atoms with Crippen LogP contribution in [0.15, 0.2) is 211 Å². The van der Waals surface area contributed by atoms with Crippen LogP contribution in [0.5, 0.6) is 0 Å². The zero-order valence-corrected chi connectivity index (χ0v) is 33.7. The van der Waals surface area contributed by atoms with Gasteiger partial charge in [0.25, 0.3) is 0 Å². The molecule has 0 spiro atoms. The van der Waals surface area contributed by atoms with Crippen molar-refractivity contribution in [1.82, 2.24) is 29.1 Å². The second-order valence-electron chi connectivity index (χ2n) is 15.9. The topological polar surface area (TPSA) is 74.6 Å². The van der Waals surface area contributed by atoms with Crippen molar-refractivity contribution in [2.45, 2.75) is 0 Å². The van der Waals surface area contributed by atoms with Gasteiger partial charge in [0.15, 0.2) is 11.2 Å². The van der Waals surface area contributed by atoms with Crippen LogP contribution < -0.4 is 0 Å². The van der Waals surface area contributed by atoms with Crippen molar-refractivity contribution in [1.29, 1.82) is 0 Å². The molecule has 0 saturated carbocycles. The lowest BCUT2D eigenvalue weighted by atomic mass is 10.0. The van der Waals surface area contributed by atoms with Crippen molar-refractivity contribution in [3.8, 4) is 56.3 Å². The lowest BCUT2D eigenvalue weighted by Gasteiger charge is -2.13. The van der Waals surface area contributed by atoms with Gasteiger partial charge in [0.2, 0.25) is 0 Å². The molecule has 0 aliphatic rings. The number of nitrogens with zero attached hydrogens (tertiary/aromatic N) is 6. The number of hydrogen-bond acceptors (Lipinski definition) is 5. The van der Waals surface area contributed by atoms with E-state index in [4.69, 9.17) is 19.4 Å². The van der Waals surface area contributed by atoms with Gasteiger partial charge in [0.05, 0.1) is 45.3 Å². The number of rotatable bonds is 6. The summed E-state index contributed by atoms with van der Waals surface area (Å²) in [6.07, 6.45) is 5.57. The molecule has 0 atom stereocenters. The van der Waals surface area contributed by atoms with Crippen LogP contribution in [-0.4, -0.2) is 29.1 Å². The minimum Gasteiger partial charge on any atom is -0.453 e. The van der Waals surface area contributed by atoms with E-state index in [0.29, 0.717) is 5.58 Å². The minimum atomic E-state index is 0.709. The number of fused-ring (bicyclic) bond motifs is 9. The molecule has 0 N–H and O–H groups in total. The summed E-state index contributed by atoms with van der Waals surface area (Å²) in [5.41, 5.74) is 16.5. The van der Waals surface area contributed by atoms with Crippen molar-refractivity contribution in [3.63, 3.8) is 0 Å². The van der Waals surface area contributed by atoms with E-state index in [9.17, 15) is 0 Å². The zero-order valence-electron chi connectivity index (χ0n) is 33.7. The van der Waals surface area contributed by atoms with Gasteiger partial charge >= 0.3 is 0 Å². The fourth-order valence-electron chi connectivity index (χ4n) is 9.33. The van der Waals surface area contributed by atoms with Crippen LogP contribution in [0.3, 0.4) is 0 Å². The largest absolute Gasteiger partial charge is 0.453 e. The molecule has 0 aliphatic carbocycles. The second kappa shape index (κ2) is 13.9. The molecule has 13 rings (SSSR count). The van der Waals surface area contributed by atoms with Gasteiger partial charge in [-0.3, -0.25) is 14.5 Å². The maximum atomic E-state index is 6.03. The number of pyridine rings is 4. The molecule has 7 nitrogen and oxygen atoms in total. The van der Waals surface area contributed by atoms with E-state index >= 15 is 0 Å². The van der Waals surface area contributed by atoms with Crippen molar-refractivity contribution in [3.05, 3.63) is 207 Å². The van der Waals surface area contributed by atoms with Gasteiger partial charge in [0.1, 0.15) is 16.9 Å². The first-order valence-electron chi connectivity index (χ1n) is 21.0. The molecular formula is C56H34N6O. The van der Waals surface area contributed by atoms with Crippen LogP contribution in [0.1, 0.15) is 0 Å². The molecule has 63 heavy (non-hydrogen) atoms. The molecule has 0 fully saturated rings. The highest BCUT2D eigenvalue weighted by Gasteiger charge is 2.19. The fraction of sp³-hybridized carbons (Fsp3) is 0. The Labute approximate surface area is 360 Å². The Balaban J connectivity index is 0.961. The van der Waals surface area contributed by atoms with E-state index in [2.05, 4.69) is 172 Å². The molecule has 0 unspecified atom stereocenters. The third-order valence-electron chi connectivity index (χ3n) is 12.2. The molecule has 0 amide bonds. The quantitative estimate of drug-likeness (QED) is 0.167. The Hall–Kier alpha value is -8.68. The standard InChI is InChI=1S/C56H34N6O/c1-3-12-35(13-4-1)39-30-47(36-14-5-2-6-15-36)59-54(32-39)62-49-19-10-8-17-43(49)45-29-37(22-25-50(45)62)38-21-23-44-42-16-7-9-18-48(42)61(51(44)31-38)41-28-40(33-57-34-41)46-24-26-53-56(60-46)55-52(63-53)20-11-27-58-55/h1-34H.